The fourth-order valence-corrected chi connectivity index (χ4v) is 2.46. The van der Waals surface area contributed by atoms with Gasteiger partial charge in [0, 0.05) is 23.1 Å². The van der Waals surface area contributed by atoms with Crippen molar-refractivity contribution in [3.05, 3.63) is 0 Å². The van der Waals surface area contributed by atoms with Gasteiger partial charge in [-0.3, -0.25) is 14.5 Å². The molecule has 0 aromatic rings. The van der Waals surface area contributed by atoms with E-state index in [1.165, 1.54) is 19.3 Å². The van der Waals surface area contributed by atoms with Crippen molar-refractivity contribution >= 4 is 11.9 Å². The summed E-state index contributed by atoms with van der Waals surface area (Å²) in [5, 5.41) is 17.6. The Bertz CT molecular complexity index is 249. The maximum Gasteiger partial charge on any atom is 0.317 e. The number of aliphatic carboxylic acids is 2. The van der Waals surface area contributed by atoms with Gasteiger partial charge < -0.3 is 10.2 Å². The number of nitrogens with zero attached hydrogens (tertiary/aromatic N) is 1. The number of rotatable bonds is 5. The number of carboxylic acid groups (broad SMARTS) is 2. The van der Waals surface area contributed by atoms with Gasteiger partial charge in [-0.1, -0.05) is 32.1 Å². The Hall–Kier alpha value is -0.581. The van der Waals surface area contributed by atoms with E-state index in [4.69, 9.17) is 10.2 Å². The van der Waals surface area contributed by atoms with E-state index in [-0.39, 0.29) is 36.2 Å². The monoisotopic (exact) mass is 306 g/mol. The van der Waals surface area contributed by atoms with Gasteiger partial charge in [-0.05, 0) is 12.8 Å². The van der Waals surface area contributed by atoms with E-state index in [0.717, 1.165) is 25.7 Å². The van der Waals surface area contributed by atoms with Gasteiger partial charge in [-0.25, -0.2) is 0 Å². The zero-order valence-corrected chi connectivity index (χ0v) is 11.3. The van der Waals surface area contributed by atoms with E-state index < -0.39 is 11.9 Å². The molecule has 0 spiro atoms. The molecule has 1 saturated carbocycles. The predicted molar refractivity (Wildman–Crippen MR) is 63.0 cm³/mol. The van der Waals surface area contributed by atoms with Crippen molar-refractivity contribution in [2.24, 2.45) is 0 Å². The van der Waals surface area contributed by atoms with Crippen LogP contribution in [0.15, 0.2) is 0 Å². The summed E-state index contributed by atoms with van der Waals surface area (Å²) in [6.45, 7) is -0.339. The molecule has 0 saturated heterocycles. The summed E-state index contributed by atoms with van der Waals surface area (Å²) in [7, 11) is 0. The SMILES string of the molecule is O=C(O)CN(CC(=O)O)C1CCCCCCC1.[Cu]. The Labute approximate surface area is 118 Å². The summed E-state index contributed by atoms with van der Waals surface area (Å²) < 4.78 is 0. The van der Waals surface area contributed by atoms with Crippen molar-refractivity contribution in [2.45, 2.75) is 51.0 Å². The van der Waals surface area contributed by atoms with Crippen LogP contribution in [-0.2, 0) is 26.7 Å². The van der Waals surface area contributed by atoms with Gasteiger partial charge >= 0.3 is 11.9 Å². The van der Waals surface area contributed by atoms with Crippen LogP contribution < -0.4 is 0 Å². The smallest absolute Gasteiger partial charge is 0.317 e. The Morgan fingerprint density at radius 1 is 0.889 bits per heavy atom. The first-order valence-electron chi connectivity index (χ1n) is 6.27. The third-order valence-electron chi connectivity index (χ3n) is 3.27. The number of carboxylic acids is 2. The van der Waals surface area contributed by atoms with Crippen molar-refractivity contribution < 1.29 is 36.9 Å². The molecule has 0 aromatic heterocycles. The molecule has 109 valence electrons. The molecular formula is C12H21CuNO4. The van der Waals surface area contributed by atoms with Gasteiger partial charge in [0.25, 0.3) is 0 Å². The van der Waals surface area contributed by atoms with Crippen LogP contribution >= 0.6 is 0 Å². The Morgan fingerprint density at radius 2 is 1.28 bits per heavy atom. The van der Waals surface area contributed by atoms with Crippen LogP contribution in [-0.4, -0.2) is 46.2 Å². The molecular weight excluding hydrogens is 286 g/mol. The minimum atomic E-state index is -0.951. The van der Waals surface area contributed by atoms with Crippen LogP contribution in [0.5, 0.6) is 0 Å². The topological polar surface area (TPSA) is 77.8 Å². The first-order valence-corrected chi connectivity index (χ1v) is 6.27. The molecule has 18 heavy (non-hydrogen) atoms. The minimum Gasteiger partial charge on any atom is -0.480 e. The molecule has 0 amide bonds. The van der Waals surface area contributed by atoms with Gasteiger partial charge in [0.2, 0.25) is 0 Å². The molecule has 0 heterocycles. The second-order valence-electron chi connectivity index (χ2n) is 4.69. The molecule has 0 atom stereocenters. The van der Waals surface area contributed by atoms with Crippen molar-refractivity contribution in [3.63, 3.8) is 0 Å². The third-order valence-corrected chi connectivity index (χ3v) is 3.27. The standard InChI is InChI=1S/C12H21NO4.Cu/c14-11(15)8-13(9-12(16)17)10-6-4-2-1-3-5-7-10;/h10H,1-9H2,(H,14,15)(H,16,17);. The van der Waals surface area contributed by atoms with Crippen LogP contribution in [0.1, 0.15) is 44.9 Å². The van der Waals surface area contributed by atoms with E-state index in [9.17, 15) is 9.59 Å². The van der Waals surface area contributed by atoms with Gasteiger partial charge in [0.15, 0.2) is 0 Å². The normalized spacial score (nSPS) is 17.6. The largest absolute Gasteiger partial charge is 0.480 e. The second kappa shape index (κ2) is 9.36. The predicted octanol–water partition coefficient (Wildman–Crippen LogP) is 1.57. The van der Waals surface area contributed by atoms with Crippen LogP contribution in [0.2, 0.25) is 0 Å². The molecule has 1 radical (unpaired) electrons. The van der Waals surface area contributed by atoms with Crippen molar-refractivity contribution in [1.82, 2.24) is 4.90 Å². The minimum absolute atomic E-state index is 0. The van der Waals surface area contributed by atoms with E-state index in [2.05, 4.69) is 0 Å². The van der Waals surface area contributed by atoms with Crippen LogP contribution in [0.4, 0.5) is 0 Å². The van der Waals surface area contributed by atoms with Crippen molar-refractivity contribution in [1.29, 1.82) is 0 Å². The number of hydrogen-bond acceptors (Lipinski definition) is 3. The van der Waals surface area contributed by atoms with Gasteiger partial charge in [-0.2, -0.15) is 0 Å². The third kappa shape index (κ3) is 6.99. The summed E-state index contributed by atoms with van der Waals surface area (Å²) >= 11 is 0. The maximum absolute atomic E-state index is 10.8. The fourth-order valence-electron chi connectivity index (χ4n) is 2.46. The average Bonchev–Trinajstić information content (AvgIpc) is 2.13. The molecule has 5 nitrogen and oxygen atoms in total. The second-order valence-corrected chi connectivity index (χ2v) is 4.69. The van der Waals surface area contributed by atoms with Gasteiger partial charge in [0.1, 0.15) is 0 Å². The summed E-state index contributed by atoms with van der Waals surface area (Å²) in [5.74, 6) is -1.90. The van der Waals surface area contributed by atoms with E-state index in [0.29, 0.717) is 0 Å². The number of hydrogen-bond donors (Lipinski definition) is 2. The van der Waals surface area contributed by atoms with Crippen molar-refractivity contribution in [2.75, 3.05) is 13.1 Å². The van der Waals surface area contributed by atoms with Gasteiger partial charge in [0.05, 0.1) is 13.1 Å². The molecule has 6 heteroatoms. The molecule has 1 aliphatic rings. The fraction of sp³-hybridized carbons (Fsp3) is 0.833. The van der Waals surface area contributed by atoms with E-state index in [1.807, 2.05) is 0 Å². The Morgan fingerprint density at radius 3 is 1.67 bits per heavy atom. The van der Waals surface area contributed by atoms with Crippen LogP contribution in [0.3, 0.4) is 0 Å². The molecule has 0 bridgehead atoms. The quantitative estimate of drug-likeness (QED) is 0.754. The zero-order chi connectivity index (χ0) is 12.7. The first kappa shape index (κ1) is 17.4. The molecule has 0 aliphatic heterocycles. The molecule has 1 aliphatic carbocycles. The molecule has 1 fully saturated rings. The van der Waals surface area contributed by atoms with E-state index >= 15 is 0 Å². The summed E-state index contributed by atoms with van der Waals surface area (Å²) in [5.41, 5.74) is 0. The van der Waals surface area contributed by atoms with Gasteiger partial charge in [-0.15, -0.1) is 0 Å². The zero-order valence-electron chi connectivity index (χ0n) is 10.4. The molecule has 2 N–H and O–H groups in total. The van der Waals surface area contributed by atoms with Crippen molar-refractivity contribution in [3.8, 4) is 0 Å². The average molecular weight is 307 g/mol. The summed E-state index contributed by atoms with van der Waals surface area (Å²) in [4.78, 5) is 23.1. The Kier molecular flexibility index (Phi) is 9.06. The summed E-state index contributed by atoms with van der Waals surface area (Å²) in [6.07, 6.45) is 7.56. The van der Waals surface area contributed by atoms with Crippen LogP contribution in [0.25, 0.3) is 0 Å². The Balaban J connectivity index is 0.00000289. The van der Waals surface area contributed by atoms with E-state index in [1.54, 1.807) is 4.90 Å². The van der Waals surface area contributed by atoms with Crippen LogP contribution in [0, 0.1) is 0 Å². The maximum atomic E-state index is 10.8. The summed E-state index contributed by atoms with van der Waals surface area (Å²) in [6, 6.07) is 0.113. The first-order chi connectivity index (χ1) is 8.09. The molecule has 1 rings (SSSR count). The molecule has 0 aromatic carbocycles. The molecule has 0 unspecified atom stereocenters. The number of carbonyl (C=O) groups is 2.